The monoisotopic (exact) mass is 517 g/mol. The highest BCUT2D eigenvalue weighted by molar-refractivity contribution is 8.07. The van der Waals surface area contributed by atoms with Crippen LogP contribution in [0.3, 0.4) is 0 Å². The lowest BCUT2D eigenvalue weighted by molar-refractivity contribution is -0.0774. The fourth-order valence-corrected chi connectivity index (χ4v) is 6.12. The first-order chi connectivity index (χ1) is 15.7. The maximum Gasteiger partial charge on any atom is 0.325 e. The molecule has 3 rings (SSSR count). The molecular formula is C21H36N5O6PS. The molecule has 2 aromatic heterocycles. The third-order valence-corrected chi connectivity index (χ3v) is 6.77. The van der Waals surface area contributed by atoms with Gasteiger partial charge in [-0.2, -0.15) is 0 Å². The minimum absolute atomic E-state index is 0.106. The summed E-state index contributed by atoms with van der Waals surface area (Å²) in [6.45, 7) is 8.74. The number of nitrogen functional groups attached to an aromatic ring is 1. The first kappa shape index (κ1) is 27.3. The second kappa shape index (κ2) is 10.4. The van der Waals surface area contributed by atoms with Crippen molar-refractivity contribution < 1.29 is 28.2 Å². The van der Waals surface area contributed by atoms with E-state index < -0.39 is 36.9 Å². The van der Waals surface area contributed by atoms with E-state index in [-0.39, 0.29) is 17.8 Å². The van der Waals surface area contributed by atoms with Crippen molar-refractivity contribution in [3.8, 4) is 0 Å². The predicted molar refractivity (Wildman–Crippen MR) is 132 cm³/mol. The van der Waals surface area contributed by atoms with Crippen LogP contribution >= 0.6 is 6.72 Å². The molecule has 192 valence electrons. The number of ether oxygens (including phenoxy) is 3. The van der Waals surface area contributed by atoms with Crippen molar-refractivity contribution in [2.45, 2.75) is 78.1 Å². The van der Waals surface area contributed by atoms with Crippen molar-refractivity contribution in [1.29, 1.82) is 0 Å². The number of rotatable bonds is 9. The second-order valence-electron chi connectivity index (χ2n) is 10.5. The molecule has 0 amide bonds. The molecule has 0 spiro atoms. The topological polar surface area (TPSA) is 136 Å². The Morgan fingerprint density at radius 3 is 2.47 bits per heavy atom. The minimum Gasteiger partial charge on any atom is -0.382 e. The summed E-state index contributed by atoms with van der Waals surface area (Å²) in [5.74, 6) is 0.266. The van der Waals surface area contributed by atoms with E-state index in [0.717, 1.165) is 0 Å². The zero-order chi connectivity index (χ0) is 25.3. The molecule has 2 unspecified atom stereocenters. The van der Waals surface area contributed by atoms with Crippen LogP contribution in [-0.4, -0.2) is 68.6 Å². The summed E-state index contributed by atoms with van der Waals surface area (Å²) in [6, 6.07) is 0. The highest BCUT2D eigenvalue weighted by atomic mass is 32.5. The Hall–Kier alpha value is -1.24. The van der Waals surface area contributed by atoms with Crippen LogP contribution in [0.2, 0.25) is 0 Å². The minimum atomic E-state index is -3.63. The molecule has 3 heterocycles. The predicted octanol–water partition coefficient (Wildman–Crippen LogP) is 3.19. The van der Waals surface area contributed by atoms with Crippen molar-refractivity contribution in [3.05, 3.63) is 12.7 Å². The number of imidazole rings is 1. The van der Waals surface area contributed by atoms with Gasteiger partial charge in [-0.05, 0) is 44.4 Å². The number of methoxy groups -OCH3 is 1. The number of fused-ring (bicyclic) bond motifs is 1. The molecular weight excluding hydrogens is 481 g/mol. The molecule has 11 nitrogen and oxygen atoms in total. The summed E-state index contributed by atoms with van der Waals surface area (Å²) in [5.41, 5.74) is 6.15. The van der Waals surface area contributed by atoms with Crippen LogP contribution in [0, 0.1) is 5.41 Å². The average molecular weight is 518 g/mol. The fourth-order valence-electron chi connectivity index (χ4n) is 3.85. The van der Waals surface area contributed by atoms with Crippen LogP contribution in [-0.2, 0) is 35.1 Å². The van der Waals surface area contributed by atoms with Gasteiger partial charge in [-0.25, -0.2) is 15.0 Å². The molecule has 0 aliphatic carbocycles. The molecule has 1 aliphatic rings. The van der Waals surface area contributed by atoms with Crippen molar-refractivity contribution in [2.24, 2.45) is 5.41 Å². The molecule has 0 bridgehead atoms. The van der Waals surface area contributed by atoms with Gasteiger partial charge >= 0.3 is 6.72 Å². The number of nitrogens with two attached hydrogens (primary N) is 1. The maximum atomic E-state index is 10.9. The first-order valence-corrected chi connectivity index (χ1v) is 13.7. The number of anilines is 1. The summed E-state index contributed by atoms with van der Waals surface area (Å²) in [4.78, 5) is 23.6. The molecule has 3 N–H and O–H groups in total. The van der Waals surface area contributed by atoms with Crippen LogP contribution in [0.4, 0.5) is 5.82 Å². The molecule has 5 atom stereocenters. The van der Waals surface area contributed by atoms with Crippen molar-refractivity contribution >= 4 is 35.5 Å². The lowest BCUT2D eigenvalue weighted by Gasteiger charge is -2.32. The maximum absolute atomic E-state index is 10.9. The molecule has 34 heavy (non-hydrogen) atoms. The molecule has 0 saturated carbocycles. The van der Waals surface area contributed by atoms with Gasteiger partial charge in [0.05, 0.1) is 31.2 Å². The summed E-state index contributed by atoms with van der Waals surface area (Å²) in [7, 11) is 1.59. The zero-order valence-corrected chi connectivity index (χ0v) is 22.5. The van der Waals surface area contributed by atoms with E-state index in [4.69, 9.17) is 40.8 Å². The normalized spacial score (nSPS) is 25.6. The van der Waals surface area contributed by atoms with E-state index in [1.807, 2.05) is 20.8 Å². The first-order valence-electron chi connectivity index (χ1n) is 11.1. The van der Waals surface area contributed by atoms with Crippen molar-refractivity contribution in [3.63, 3.8) is 0 Å². The zero-order valence-electron chi connectivity index (χ0n) is 20.8. The summed E-state index contributed by atoms with van der Waals surface area (Å²) >= 11 is 5.37. The van der Waals surface area contributed by atoms with Gasteiger partial charge in [0.15, 0.2) is 17.7 Å². The van der Waals surface area contributed by atoms with Crippen LogP contribution in [0.1, 0.15) is 54.2 Å². The molecule has 2 aromatic rings. The fraction of sp³-hybridized carbons (Fsp3) is 0.762. The lowest BCUT2D eigenvalue weighted by Crippen LogP contribution is -2.38. The third-order valence-electron chi connectivity index (χ3n) is 5.00. The smallest absolute Gasteiger partial charge is 0.325 e. The van der Waals surface area contributed by atoms with Gasteiger partial charge in [0.2, 0.25) is 0 Å². The quantitative estimate of drug-likeness (QED) is 0.375. The average Bonchev–Trinajstić information content (AvgIpc) is 3.22. The Morgan fingerprint density at radius 1 is 1.15 bits per heavy atom. The van der Waals surface area contributed by atoms with Crippen LogP contribution in [0.5, 0.6) is 0 Å². The molecule has 1 aliphatic heterocycles. The highest BCUT2D eigenvalue weighted by Crippen LogP contribution is 2.53. The standard InChI is InChI=1S/C21H36N5O6PS/c1-20(2,3)10-13-15(31-33(27,34)32-21(4,5)6)16(29-9-8-28-7)19(30-13)26-12-25-14-17(22)23-11-24-18(14)26/h11-13,15-16,19H,8-10H2,1-7H3,(H,27,34)(H2,22,23,24)/t13-,15?,16+,19-,33?/m1/s1. The van der Waals surface area contributed by atoms with E-state index >= 15 is 0 Å². The number of aromatic nitrogens is 4. The molecule has 1 fully saturated rings. The van der Waals surface area contributed by atoms with Crippen molar-refractivity contribution in [1.82, 2.24) is 19.5 Å². The van der Waals surface area contributed by atoms with Gasteiger partial charge in [-0.15, -0.1) is 0 Å². The Labute approximate surface area is 205 Å². The van der Waals surface area contributed by atoms with Crippen molar-refractivity contribution in [2.75, 3.05) is 26.1 Å². The molecule has 1 saturated heterocycles. The number of hydrogen-bond donors (Lipinski definition) is 2. The summed E-state index contributed by atoms with van der Waals surface area (Å²) < 4.78 is 31.5. The molecule has 0 radical (unpaired) electrons. The third kappa shape index (κ3) is 6.92. The second-order valence-corrected chi connectivity index (χ2v) is 13.2. The van der Waals surface area contributed by atoms with Crippen LogP contribution in [0.25, 0.3) is 11.2 Å². The lowest BCUT2D eigenvalue weighted by atomic mass is 9.87. The van der Waals surface area contributed by atoms with Crippen LogP contribution < -0.4 is 5.73 Å². The van der Waals surface area contributed by atoms with Gasteiger partial charge in [0.1, 0.15) is 24.1 Å². The van der Waals surface area contributed by atoms with Gasteiger partial charge < -0.3 is 29.4 Å². The van der Waals surface area contributed by atoms with Gasteiger partial charge in [-0.1, -0.05) is 20.8 Å². The summed E-state index contributed by atoms with van der Waals surface area (Å²) in [5, 5.41) is 0. The number of hydrogen-bond acceptors (Lipinski definition) is 10. The Kier molecular flexibility index (Phi) is 8.36. The molecule has 0 aromatic carbocycles. The Balaban J connectivity index is 2.02. The Bertz CT molecular complexity index is 1020. The summed E-state index contributed by atoms with van der Waals surface area (Å²) in [6.07, 6.45) is 1.09. The van der Waals surface area contributed by atoms with Gasteiger partial charge in [0, 0.05) is 7.11 Å². The Morgan fingerprint density at radius 2 is 1.85 bits per heavy atom. The highest BCUT2D eigenvalue weighted by Gasteiger charge is 2.51. The van der Waals surface area contributed by atoms with E-state index in [2.05, 4.69) is 35.7 Å². The van der Waals surface area contributed by atoms with E-state index in [9.17, 15) is 4.89 Å². The van der Waals surface area contributed by atoms with Gasteiger partial charge in [-0.3, -0.25) is 9.09 Å². The van der Waals surface area contributed by atoms with Gasteiger partial charge in [0.25, 0.3) is 0 Å². The van der Waals surface area contributed by atoms with E-state index in [1.54, 1.807) is 18.0 Å². The molecule has 13 heteroatoms. The largest absolute Gasteiger partial charge is 0.382 e. The SMILES string of the molecule is COCCO[C@H]1C(OP(O)(=S)OC(C)(C)C)[C@@H](CC(C)(C)C)O[C@H]1n1cnc2c(N)ncnc21. The van der Waals surface area contributed by atoms with Crippen LogP contribution in [0.15, 0.2) is 12.7 Å². The number of nitrogens with zero attached hydrogens (tertiary/aromatic N) is 4. The van der Waals surface area contributed by atoms with E-state index in [0.29, 0.717) is 24.2 Å². The van der Waals surface area contributed by atoms with E-state index in [1.165, 1.54) is 6.33 Å².